The molecule has 5 heteroatoms. The van der Waals surface area contributed by atoms with Crippen molar-refractivity contribution in [2.24, 2.45) is 0 Å². The number of thioether (sulfide) groups is 2. The molecule has 1 fully saturated rings. The van der Waals surface area contributed by atoms with Crippen LogP contribution in [0, 0.1) is 6.92 Å². The highest BCUT2D eigenvalue weighted by atomic mass is 32.2. The lowest BCUT2D eigenvalue weighted by Gasteiger charge is -2.45. The molecule has 0 amide bonds. The molecule has 0 aliphatic carbocycles. The summed E-state index contributed by atoms with van der Waals surface area (Å²) >= 11 is 3.97. The Kier molecular flexibility index (Phi) is 8.18. The van der Waals surface area contributed by atoms with Crippen molar-refractivity contribution in [3.05, 3.63) is 97.4 Å². The molecule has 1 aliphatic heterocycles. The number of benzene rings is 3. The molecule has 34 heavy (non-hydrogen) atoms. The highest BCUT2D eigenvalue weighted by Gasteiger charge is 2.53. The molecule has 1 aliphatic rings. The van der Waals surface area contributed by atoms with Gasteiger partial charge in [0.1, 0.15) is 5.75 Å². The van der Waals surface area contributed by atoms with Crippen molar-refractivity contribution >= 4 is 42.2 Å². The van der Waals surface area contributed by atoms with Crippen LogP contribution in [0.5, 0.6) is 5.75 Å². The van der Waals surface area contributed by atoms with Crippen molar-refractivity contribution in [3.63, 3.8) is 0 Å². The van der Waals surface area contributed by atoms with Crippen molar-refractivity contribution in [2.45, 2.75) is 53.9 Å². The predicted octanol–water partition coefficient (Wildman–Crippen LogP) is 6.54. The molecule has 179 valence electrons. The van der Waals surface area contributed by atoms with Gasteiger partial charge in [-0.05, 0) is 46.5 Å². The van der Waals surface area contributed by atoms with E-state index in [1.807, 2.05) is 35.7 Å². The van der Waals surface area contributed by atoms with Crippen LogP contribution in [0.3, 0.4) is 0 Å². The summed E-state index contributed by atoms with van der Waals surface area (Å²) in [6.45, 7) is 11.6. The van der Waals surface area contributed by atoms with Gasteiger partial charge in [0.25, 0.3) is 8.32 Å². The van der Waals surface area contributed by atoms with Crippen LogP contribution in [-0.2, 0) is 10.2 Å². The minimum absolute atomic E-state index is 0.0194. The van der Waals surface area contributed by atoms with Crippen molar-refractivity contribution < 1.29 is 9.16 Å². The number of methoxy groups -OCH3 is 1. The van der Waals surface area contributed by atoms with Gasteiger partial charge in [0, 0.05) is 11.0 Å². The lowest BCUT2D eigenvalue weighted by atomic mass is 10.2. The second-order valence-corrected chi connectivity index (χ2v) is 17.0. The van der Waals surface area contributed by atoms with Crippen LogP contribution in [0.2, 0.25) is 5.04 Å². The van der Waals surface area contributed by atoms with E-state index < -0.39 is 8.32 Å². The Hall–Kier alpha value is -1.66. The zero-order valence-electron chi connectivity index (χ0n) is 20.6. The van der Waals surface area contributed by atoms with Crippen molar-refractivity contribution in [1.29, 1.82) is 0 Å². The lowest BCUT2D eigenvalue weighted by Crippen LogP contribution is -2.68. The molecule has 3 atom stereocenters. The van der Waals surface area contributed by atoms with E-state index in [9.17, 15) is 0 Å². The molecule has 0 bridgehead atoms. The fraction of sp³-hybridized carbons (Fsp3) is 0.345. The summed E-state index contributed by atoms with van der Waals surface area (Å²) in [5.41, 5.74) is 1.32. The molecule has 0 spiro atoms. The van der Waals surface area contributed by atoms with Gasteiger partial charge < -0.3 is 9.16 Å². The third-order valence-corrected chi connectivity index (χ3v) is 14.5. The van der Waals surface area contributed by atoms with Gasteiger partial charge in [0.15, 0.2) is 0 Å². The van der Waals surface area contributed by atoms with Gasteiger partial charge in [0.2, 0.25) is 0 Å². The standard InChI is InChI=1S/C29H35O2S2Si/c1-22-27(20-28(33-22)32-21-23-16-18-24(30-5)19-17-23)31-34(29(2,3)4,25-12-8-6-9-13-25)26-14-10-7-11-15-26/h6-19,22,27-28H,1,20-21H2,2-5H3/t22-,27+,28?/m1/s1. The van der Waals surface area contributed by atoms with Crippen LogP contribution in [0.15, 0.2) is 84.9 Å². The summed E-state index contributed by atoms with van der Waals surface area (Å²) in [5, 5.41) is 2.87. The third kappa shape index (κ3) is 5.43. The van der Waals surface area contributed by atoms with E-state index in [1.165, 1.54) is 15.9 Å². The fourth-order valence-corrected chi connectivity index (χ4v) is 12.4. The molecule has 1 heterocycles. The van der Waals surface area contributed by atoms with Crippen LogP contribution in [0.4, 0.5) is 0 Å². The maximum Gasteiger partial charge on any atom is 0.261 e. The Labute approximate surface area is 215 Å². The molecule has 1 radical (unpaired) electrons. The first-order valence-electron chi connectivity index (χ1n) is 11.9. The zero-order chi connectivity index (χ0) is 24.2. The molecule has 4 rings (SSSR count). The molecule has 0 N–H and O–H groups in total. The lowest BCUT2D eigenvalue weighted by molar-refractivity contribution is 0.196. The largest absolute Gasteiger partial charge is 0.497 e. The van der Waals surface area contributed by atoms with Gasteiger partial charge in [0.05, 0.1) is 17.8 Å². The van der Waals surface area contributed by atoms with Gasteiger partial charge in [-0.3, -0.25) is 0 Å². The molecule has 1 saturated heterocycles. The van der Waals surface area contributed by atoms with E-state index in [0.717, 1.165) is 17.9 Å². The first-order chi connectivity index (χ1) is 16.3. The second kappa shape index (κ2) is 10.9. The number of hydrogen-bond donors (Lipinski definition) is 0. The normalized spacial score (nSPS) is 20.9. The van der Waals surface area contributed by atoms with Gasteiger partial charge >= 0.3 is 0 Å². The molecular formula is C29H35O2S2Si. The predicted molar refractivity (Wildman–Crippen MR) is 152 cm³/mol. The van der Waals surface area contributed by atoms with Crippen LogP contribution >= 0.6 is 23.5 Å². The van der Waals surface area contributed by atoms with Gasteiger partial charge in [-0.2, -0.15) is 0 Å². The molecule has 2 nitrogen and oxygen atoms in total. The minimum atomic E-state index is -2.56. The Morgan fingerprint density at radius 2 is 1.47 bits per heavy atom. The molecule has 3 aromatic carbocycles. The average molecular weight is 508 g/mol. The van der Waals surface area contributed by atoms with Crippen LogP contribution in [-0.4, -0.2) is 31.4 Å². The summed E-state index contributed by atoms with van der Waals surface area (Å²) in [4.78, 5) is 0. The molecular weight excluding hydrogens is 473 g/mol. The van der Waals surface area contributed by atoms with Crippen molar-refractivity contribution in [2.75, 3.05) is 7.11 Å². The average Bonchev–Trinajstić information content (AvgIpc) is 3.20. The van der Waals surface area contributed by atoms with E-state index >= 15 is 0 Å². The Morgan fingerprint density at radius 1 is 0.912 bits per heavy atom. The SMILES string of the molecule is [CH2][C@H]1SC(SCc2ccc(OC)cc2)C[C@@H]1O[Si](c1ccccc1)(c1ccccc1)C(C)(C)C. The summed E-state index contributed by atoms with van der Waals surface area (Å²) < 4.78 is 13.2. The Bertz CT molecular complexity index is 996. The fourth-order valence-electron chi connectivity index (χ4n) is 4.74. The monoisotopic (exact) mass is 507 g/mol. The van der Waals surface area contributed by atoms with E-state index in [4.69, 9.17) is 9.16 Å². The Morgan fingerprint density at radius 3 is 1.97 bits per heavy atom. The summed E-state index contributed by atoms with van der Waals surface area (Å²) in [6, 6.07) is 30.2. The first kappa shape index (κ1) is 25.4. The van der Waals surface area contributed by atoms with Gasteiger partial charge in [-0.1, -0.05) is 93.6 Å². The summed E-state index contributed by atoms with van der Waals surface area (Å²) in [5.74, 6) is 1.89. The van der Waals surface area contributed by atoms with E-state index in [2.05, 4.69) is 100 Å². The molecule has 3 aromatic rings. The highest BCUT2D eigenvalue weighted by molar-refractivity contribution is 8.17. The Balaban J connectivity index is 1.56. The number of hydrogen-bond acceptors (Lipinski definition) is 4. The van der Waals surface area contributed by atoms with E-state index in [1.54, 1.807) is 7.11 Å². The van der Waals surface area contributed by atoms with E-state index in [0.29, 0.717) is 4.58 Å². The number of ether oxygens (including phenoxy) is 1. The second-order valence-electron chi connectivity index (χ2n) is 9.82. The van der Waals surface area contributed by atoms with Crippen molar-refractivity contribution in [1.82, 2.24) is 0 Å². The third-order valence-electron chi connectivity index (χ3n) is 6.51. The summed E-state index contributed by atoms with van der Waals surface area (Å²) in [7, 11) is -0.852. The molecule has 0 saturated carbocycles. The van der Waals surface area contributed by atoms with Crippen molar-refractivity contribution in [3.8, 4) is 5.75 Å². The molecule has 1 unspecified atom stereocenters. The smallest absolute Gasteiger partial charge is 0.261 e. The number of rotatable bonds is 8. The highest BCUT2D eigenvalue weighted by Crippen LogP contribution is 2.46. The van der Waals surface area contributed by atoms with Crippen LogP contribution in [0.1, 0.15) is 32.8 Å². The van der Waals surface area contributed by atoms with Crippen LogP contribution < -0.4 is 15.1 Å². The zero-order valence-corrected chi connectivity index (χ0v) is 23.2. The van der Waals surface area contributed by atoms with Gasteiger partial charge in [-0.15, -0.1) is 23.5 Å². The minimum Gasteiger partial charge on any atom is -0.497 e. The first-order valence-corrected chi connectivity index (χ1v) is 15.8. The van der Waals surface area contributed by atoms with Gasteiger partial charge in [-0.25, -0.2) is 0 Å². The quantitative estimate of drug-likeness (QED) is 0.322. The maximum absolute atomic E-state index is 7.39. The van der Waals surface area contributed by atoms with Crippen LogP contribution in [0.25, 0.3) is 0 Å². The van der Waals surface area contributed by atoms with E-state index in [-0.39, 0.29) is 16.4 Å². The maximum atomic E-state index is 7.39. The molecule has 0 aromatic heterocycles. The summed E-state index contributed by atoms with van der Waals surface area (Å²) in [6.07, 6.45) is 1.15. The topological polar surface area (TPSA) is 18.5 Å².